The number of thioether (sulfide) groups is 1. The molecule has 2 atom stereocenters. The van der Waals surface area contributed by atoms with Crippen molar-refractivity contribution in [3.63, 3.8) is 0 Å². The molecular weight excluding hydrogens is 220 g/mol. The van der Waals surface area contributed by atoms with Gasteiger partial charge >= 0.3 is 0 Å². The molecule has 0 bridgehead atoms. The monoisotopic (exact) mass is 238 g/mol. The lowest BCUT2D eigenvalue weighted by Gasteiger charge is -2.45. The summed E-state index contributed by atoms with van der Waals surface area (Å²) in [5.74, 6) is 1.90. The van der Waals surface area contributed by atoms with Crippen molar-refractivity contribution in [2.75, 3.05) is 17.6 Å². The topological polar surface area (TPSA) is 45.1 Å². The molecule has 0 amide bonds. The van der Waals surface area contributed by atoms with Crippen LogP contribution in [0.4, 0.5) is 5.82 Å². The summed E-state index contributed by atoms with van der Waals surface area (Å²) in [6.45, 7) is 2.73. The van der Waals surface area contributed by atoms with Crippen LogP contribution >= 0.6 is 11.8 Å². The number of hydrogen-bond acceptors (Lipinski definition) is 4. The van der Waals surface area contributed by atoms with Crippen molar-refractivity contribution in [2.24, 2.45) is 0 Å². The van der Waals surface area contributed by atoms with Gasteiger partial charge in [0.15, 0.2) is 0 Å². The van der Waals surface area contributed by atoms with Gasteiger partial charge in [0.25, 0.3) is 0 Å². The number of nitrogens with one attached hydrogen (secondary N) is 1. The molecule has 4 heteroatoms. The normalized spacial score (nSPS) is 28.5. The highest BCUT2D eigenvalue weighted by atomic mass is 32.2. The smallest absolute Gasteiger partial charge is 0.125 e. The lowest BCUT2D eigenvalue weighted by molar-refractivity contribution is -0.0120. The molecule has 16 heavy (non-hydrogen) atoms. The number of nitrogens with zero attached hydrogens (tertiary/aromatic N) is 1. The third-order valence-corrected chi connectivity index (χ3v) is 4.46. The summed E-state index contributed by atoms with van der Waals surface area (Å²) in [5, 5.41) is 13.9. The van der Waals surface area contributed by atoms with Crippen molar-refractivity contribution in [1.82, 2.24) is 4.98 Å². The quantitative estimate of drug-likeness (QED) is 0.825. The summed E-state index contributed by atoms with van der Waals surface area (Å²) in [6, 6.07) is 5.75. The summed E-state index contributed by atoms with van der Waals surface area (Å²) in [7, 11) is 0. The maximum absolute atomic E-state index is 10.4. The maximum atomic E-state index is 10.4. The highest BCUT2D eigenvalue weighted by Gasteiger charge is 2.44. The van der Waals surface area contributed by atoms with Crippen molar-refractivity contribution in [1.29, 1.82) is 0 Å². The van der Waals surface area contributed by atoms with E-state index >= 15 is 0 Å². The molecule has 2 N–H and O–H groups in total. The van der Waals surface area contributed by atoms with Crippen molar-refractivity contribution >= 4 is 17.6 Å². The van der Waals surface area contributed by atoms with Gasteiger partial charge in [0.05, 0.1) is 5.60 Å². The van der Waals surface area contributed by atoms with Crippen LogP contribution in [0.5, 0.6) is 0 Å². The van der Waals surface area contributed by atoms with Crippen LogP contribution in [0.2, 0.25) is 0 Å². The first-order valence-corrected chi connectivity index (χ1v) is 6.78. The fourth-order valence-electron chi connectivity index (χ4n) is 1.95. The van der Waals surface area contributed by atoms with Crippen LogP contribution in [0.3, 0.4) is 0 Å². The Labute approximate surface area is 101 Å². The van der Waals surface area contributed by atoms with E-state index in [4.69, 9.17) is 0 Å². The van der Waals surface area contributed by atoms with E-state index in [1.165, 1.54) is 0 Å². The van der Waals surface area contributed by atoms with Crippen LogP contribution in [0.25, 0.3) is 0 Å². The van der Waals surface area contributed by atoms with Crippen LogP contribution in [-0.2, 0) is 0 Å². The third kappa shape index (κ3) is 2.50. The van der Waals surface area contributed by atoms with Crippen molar-refractivity contribution < 1.29 is 5.11 Å². The Morgan fingerprint density at radius 1 is 1.62 bits per heavy atom. The molecule has 0 saturated heterocycles. The van der Waals surface area contributed by atoms with E-state index in [0.717, 1.165) is 24.4 Å². The van der Waals surface area contributed by atoms with Crippen molar-refractivity contribution in [3.8, 4) is 0 Å². The molecule has 88 valence electrons. The minimum atomic E-state index is -0.543. The Hall–Kier alpha value is -0.740. The predicted octanol–water partition coefficient (Wildman–Crippen LogP) is 2.14. The second-order valence-corrected chi connectivity index (χ2v) is 5.63. The summed E-state index contributed by atoms with van der Waals surface area (Å²) in [5.41, 5.74) is -0.543. The van der Waals surface area contributed by atoms with E-state index < -0.39 is 5.60 Å². The number of aromatic nitrogens is 1. The first-order valence-electron chi connectivity index (χ1n) is 5.73. The SMILES string of the molecule is CCSC1CCC1(O)CNc1ccccn1. The number of aliphatic hydroxyl groups is 1. The summed E-state index contributed by atoms with van der Waals surface area (Å²) >= 11 is 1.85. The Morgan fingerprint density at radius 3 is 3.06 bits per heavy atom. The standard InChI is InChI=1S/C12H18N2OS/c1-2-16-10-6-7-12(10,15)9-14-11-5-3-4-8-13-11/h3-5,8,10,15H,2,6-7,9H2,1H3,(H,13,14). The molecule has 1 aromatic rings. The van der Waals surface area contributed by atoms with Gasteiger partial charge in [-0.25, -0.2) is 4.98 Å². The lowest BCUT2D eigenvalue weighted by Crippen LogP contribution is -2.54. The fraction of sp³-hybridized carbons (Fsp3) is 0.583. The zero-order valence-electron chi connectivity index (χ0n) is 9.52. The van der Waals surface area contributed by atoms with E-state index in [-0.39, 0.29) is 0 Å². The van der Waals surface area contributed by atoms with Gasteiger partial charge in [0.2, 0.25) is 0 Å². The second kappa shape index (κ2) is 5.06. The Kier molecular flexibility index (Phi) is 3.71. The van der Waals surface area contributed by atoms with Crippen molar-refractivity contribution in [2.45, 2.75) is 30.6 Å². The van der Waals surface area contributed by atoms with Gasteiger partial charge < -0.3 is 10.4 Å². The number of hydrogen-bond donors (Lipinski definition) is 2. The molecule has 1 aromatic heterocycles. The Balaban J connectivity index is 1.86. The largest absolute Gasteiger partial charge is 0.387 e. The fourth-order valence-corrected chi connectivity index (χ4v) is 3.15. The average molecular weight is 238 g/mol. The summed E-state index contributed by atoms with van der Waals surface area (Å²) in [4.78, 5) is 4.18. The molecule has 0 spiro atoms. The number of pyridine rings is 1. The Morgan fingerprint density at radius 2 is 2.50 bits per heavy atom. The zero-order valence-corrected chi connectivity index (χ0v) is 10.3. The van der Waals surface area contributed by atoms with Crippen LogP contribution in [0.15, 0.2) is 24.4 Å². The summed E-state index contributed by atoms with van der Waals surface area (Å²) < 4.78 is 0. The average Bonchev–Trinajstić information content (AvgIpc) is 2.33. The van der Waals surface area contributed by atoms with Crippen LogP contribution in [0, 0.1) is 0 Å². The minimum Gasteiger partial charge on any atom is -0.387 e. The molecule has 3 nitrogen and oxygen atoms in total. The molecule has 1 heterocycles. The third-order valence-electron chi connectivity index (χ3n) is 3.05. The van der Waals surface area contributed by atoms with E-state index in [9.17, 15) is 5.11 Å². The van der Waals surface area contributed by atoms with E-state index in [1.807, 2.05) is 30.0 Å². The molecule has 0 radical (unpaired) electrons. The highest BCUT2D eigenvalue weighted by molar-refractivity contribution is 8.00. The first-order chi connectivity index (χ1) is 7.74. The van der Waals surface area contributed by atoms with Gasteiger partial charge in [0, 0.05) is 18.0 Å². The lowest BCUT2D eigenvalue weighted by atomic mass is 9.79. The number of anilines is 1. The van der Waals surface area contributed by atoms with Gasteiger partial charge in [0.1, 0.15) is 5.82 Å². The molecule has 0 aliphatic heterocycles. The zero-order chi connectivity index (χ0) is 11.4. The van der Waals surface area contributed by atoms with E-state index in [1.54, 1.807) is 6.20 Å². The van der Waals surface area contributed by atoms with Gasteiger partial charge in [-0.3, -0.25) is 0 Å². The van der Waals surface area contributed by atoms with Crippen LogP contribution < -0.4 is 5.32 Å². The predicted molar refractivity (Wildman–Crippen MR) is 68.8 cm³/mol. The molecule has 1 aliphatic carbocycles. The molecule has 0 aromatic carbocycles. The van der Waals surface area contributed by atoms with Crippen LogP contribution in [0.1, 0.15) is 19.8 Å². The molecule has 2 unspecified atom stereocenters. The minimum absolute atomic E-state index is 0.383. The molecular formula is C12H18N2OS. The van der Waals surface area contributed by atoms with Gasteiger partial charge in [-0.1, -0.05) is 13.0 Å². The van der Waals surface area contributed by atoms with Gasteiger partial charge in [-0.15, -0.1) is 0 Å². The Bertz CT molecular complexity index is 333. The van der Waals surface area contributed by atoms with Crippen LogP contribution in [-0.4, -0.2) is 33.2 Å². The van der Waals surface area contributed by atoms with E-state index in [0.29, 0.717) is 11.8 Å². The second-order valence-electron chi connectivity index (χ2n) is 4.15. The highest BCUT2D eigenvalue weighted by Crippen LogP contribution is 2.41. The van der Waals surface area contributed by atoms with Crippen molar-refractivity contribution in [3.05, 3.63) is 24.4 Å². The molecule has 1 aliphatic rings. The molecule has 1 saturated carbocycles. The first kappa shape index (κ1) is 11.7. The van der Waals surface area contributed by atoms with E-state index in [2.05, 4.69) is 17.2 Å². The number of rotatable bonds is 5. The maximum Gasteiger partial charge on any atom is 0.125 e. The van der Waals surface area contributed by atoms with Gasteiger partial charge in [-0.2, -0.15) is 11.8 Å². The van der Waals surface area contributed by atoms with Gasteiger partial charge in [-0.05, 0) is 30.7 Å². The summed E-state index contributed by atoms with van der Waals surface area (Å²) in [6.07, 6.45) is 3.77. The molecule has 1 fully saturated rings. The molecule has 2 rings (SSSR count).